The fourth-order valence-corrected chi connectivity index (χ4v) is 0.874. The summed E-state index contributed by atoms with van der Waals surface area (Å²) in [5.74, 6) is 0. The normalized spacial score (nSPS) is 15.5. The molecule has 0 bridgehead atoms. The van der Waals surface area contributed by atoms with Crippen molar-refractivity contribution in [1.29, 1.82) is 0 Å². The van der Waals surface area contributed by atoms with Crippen molar-refractivity contribution in [3.05, 3.63) is 24.3 Å². The third-order valence-corrected chi connectivity index (χ3v) is 1.41. The van der Waals surface area contributed by atoms with Gasteiger partial charge in [0.1, 0.15) is 0 Å². The maximum atomic E-state index is 10.3. The summed E-state index contributed by atoms with van der Waals surface area (Å²) in [6.07, 6.45) is 9.37. The molecule has 0 aromatic rings. The molecule has 2 amide bonds. The van der Waals surface area contributed by atoms with Gasteiger partial charge in [-0.25, -0.2) is 10.2 Å². The van der Waals surface area contributed by atoms with E-state index in [0.29, 0.717) is 0 Å². The highest BCUT2D eigenvalue weighted by Gasteiger charge is 1.97. The Hall–Kier alpha value is -1.58. The van der Waals surface area contributed by atoms with E-state index in [1.807, 2.05) is 24.3 Å². The number of primary amides is 1. The van der Waals surface area contributed by atoms with Crippen molar-refractivity contribution in [2.75, 3.05) is 0 Å². The molecule has 0 radical (unpaired) electrons. The highest BCUT2D eigenvalue weighted by atomic mass is 16.2. The molecule has 0 aliphatic heterocycles. The number of hydrogen-bond donors (Lipinski definition) is 2. The number of amides is 2. The maximum Gasteiger partial charge on any atom is 0.332 e. The van der Waals surface area contributed by atoms with Crippen LogP contribution in [0.5, 0.6) is 0 Å². The number of hydrogen-bond acceptors (Lipinski definition) is 2. The summed E-state index contributed by atoms with van der Waals surface area (Å²) in [6, 6.07) is -0.625. The minimum absolute atomic E-state index is 0.625. The van der Waals surface area contributed by atoms with Gasteiger partial charge in [-0.3, -0.25) is 0 Å². The Kier molecular flexibility index (Phi) is 3.07. The number of nitrogens with two attached hydrogens (primary N) is 1. The second kappa shape index (κ2) is 4.33. The molecule has 1 aliphatic rings. The van der Waals surface area contributed by atoms with Gasteiger partial charge in [-0.15, -0.1) is 0 Å². The predicted molar refractivity (Wildman–Crippen MR) is 47.7 cm³/mol. The molecule has 4 heteroatoms. The summed E-state index contributed by atoms with van der Waals surface area (Å²) in [7, 11) is 0. The van der Waals surface area contributed by atoms with Crippen LogP contribution < -0.4 is 11.2 Å². The Labute approximate surface area is 70.8 Å². The lowest BCUT2D eigenvalue weighted by atomic mass is 10.2. The smallest absolute Gasteiger partial charge is 0.332 e. The first-order chi connectivity index (χ1) is 5.79. The van der Waals surface area contributed by atoms with Crippen molar-refractivity contribution >= 4 is 11.7 Å². The summed E-state index contributed by atoms with van der Waals surface area (Å²) in [5.41, 5.74) is 7.96. The third-order valence-electron chi connectivity index (χ3n) is 1.41. The van der Waals surface area contributed by atoms with E-state index in [0.717, 1.165) is 18.6 Å². The Bertz CT molecular complexity index is 237. The number of rotatable bonds is 1. The van der Waals surface area contributed by atoms with Crippen molar-refractivity contribution in [2.45, 2.75) is 12.8 Å². The van der Waals surface area contributed by atoms with Gasteiger partial charge in [0.25, 0.3) is 0 Å². The first-order valence-corrected chi connectivity index (χ1v) is 3.71. The molecule has 64 valence electrons. The highest BCUT2D eigenvalue weighted by molar-refractivity contribution is 5.88. The number of hydrazone groups is 1. The molecule has 0 heterocycles. The van der Waals surface area contributed by atoms with Crippen molar-refractivity contribution < 1.29 is 4.79 Å². The van der Waals surface area contributed by atoms with Crippen LogP contribution in [-0.2, 0) is 0 Å². The van der Waals surface area contributed by atoms with Gasteiger partial charge in [0, 0.05) is 18.6 Å². The molecule has 12 heavy (non-hydrogen) atoms. The molecule has 0 aromatic heterocycles. The summed E-state index contributed by atoms with van der Waals surface area (Å²) >= 11 is 0. The highest BCUT2D eigenvalue weighted by Crippen LogP contribution is 2.00. The summed E-state index contributed by atoms with van der Waals surface area (Å²) in [6.45, 7) is 0. The van der Waals surface area contributed by atoms with Gasteiger partial charge >= 0.3 is 6.03 Å². The zero-order valence-electron chi connectivity index (χ0n) is 6.66. The number of allylic oxidation sites excluding steroid dienone is 4. The van der Waals surface area contributed by atoms with Crippen molar-refractivity contribution in [3.8, 4) is 0 Å². The second-order valence-electron chi connectivity index (χ2n) is 2.42. The van der Waals surface area contributed by atoms with Crippen molar-refractivity contribution in [1.82, 2.24) is 5.43 Å². The molecule has 0 fully saturated rings. The number of urea groups is 1. The second-order valence-corrected chi connectivity index (χ2v) is 2.42. The van der Waals surface area contributed by atoms with Crippen molar-refractivity contribution in [3.63, 3.8) is 0 Å². The van der Waals surface area contributed by atoms with Crippen LogP contribution in [0.15, 0.2) is 29.4 Å². The van der Waals surface area contributed by atoms with Gasteiger partial charge in [-0.2, -0.15) is 5.10 Å². The van der Waals surface area contributed by atoms with Crippen LogP contribution >= 0.6 is 0 Å². The molecule has 3 N–H and O–H groups in total. The summed E-state index contributed by atoms with van der Waals surface area (Å²) in [4.78, 5) is 10.3. The molecule has 0 aromatic carbocycles. The number of nitrogens with one attached hydrogen (secondary N) is 1. The quantitative estimate of drug-likeness (QED) is 0.557. The molecule has 0 spiro atoms. The molecular formula is C8H11N3O. The van der Waals surface area contributed by atoms with E-state index < -0.39 is 6.03 Å². The number of nitrogens with zero attached hydrogens (tertiary/aromatic N) is 1. The molecule has 0 unspecified atom stereocenters. The van der Waals surface area contributed by atoms with E-state index in [2.05, 4.69) is 10.5 Å². The lowest BCUT2D eigenvalue weighted by Crippen LogP contribution is -2.25. The fourth-order valence-electron chi connectivity index (χ4n) is 0.874. The van der Waals surface area contributed by atoms with Crippen LogP contribution in [0.2, 0.25) is 0 Å². The van der Waals surface area contributed by atoms with Crippen LogP contribution in [0.4, 0.5) is 4.79 Å². The molecule has 4 nitrogen and oxygen atoms in total. The number of carbonyl (C=O) groups excluding carboxylic acids is 1. The van der Waals surface area contributed by atoms with Crippen LogP contribution in [-0.4, -0.2) is 11.7 Å². The van der Waals surface area contributed by atoms with E-state index >= 15 is 0 Å². The SMILES string of the molecule is NC(=O)NN=C1CC=CC=CC1. The van der Waals surface area contributed by atoms with Crippen LogP contribution in [0.25, 0.3) is 0 Å². The Morgan fingerprint density at radius 3 is 2.50 bits per heavy atom. The lowest BCUT2D eigenvalue weighted by Gasteiger charge is -1.98. The zero-order valence-corrected chi connectivity index (χ0v) is 6.66. The Morgan fingerprint density at radius 1 is 1.42 bits per heavy atom. The molecule has 0 atom stereocenters. The van der Waals surface area contributed by atoms with Gasteiger partial charge in [0.15, 0.2) is 0 Å². The summed E-state index contributed by atoms with van der Waals surface area (Å²) in [5, 5.41) is 3.83. The average molecular weight is 165 g/mol. The first-order valence-electron chi connectivity index (χ1n) is 3.71. The Morgan fingerprint density at radius 2 is 2.00 bits per heavy atom. The summed E-state index contributed by atoms with van der Waals surface area (Å²) < 4.78 is 0. The van der Waals surface area contributed by atoms with Crippen molar-refractivity contribution in [2.24, 2.45) is 10.8 Å². The largest absolute Gasteiger partial charge is 0.350 e. The van der Waals surface area contributed by atoms with E-state index in [1.54, 1.807) is 0 Å². The van der Waals surface area contributed by atoms with Gasteiger partial charge in [0.05, 0.1) is 0 Å². The maximum absolute atomic E-state index is 10.3. The third kappa shape index (κ3) is 3.01. The van der Waals surface area contributed by atoms with Gasteiger partial charge in [0.2, 0.25) is 0 Å². The molecule has 1 aliphatic carbocycles. The number of carbonyl (C=O) groups is 1. The Balaban J connectivity index is 2.50. The first kappa shape index (κ1) is 8.52. The van der Waals surface area contributed by atoms with Crippen LogP contribution in [0, 0.1) is 0 Å². The van der Waals surface area contributed by atoms with Crippen LogP contribution in [0.3, 0.4) is 0 Å². The topological polar surface area (TPSA) is 67.5 Å². The fraction of sp³-hybridized carbons (Fsp3) is 0.250. The zero-order chi connectivity index (χ0) is 8.81. The minimum Gasteiger partial charge on any atom is -0.350 e. The predicted octanol–water partition coefficient (Wildman–Crippen LogP) is 0.917. The molecular weight excluding hydrogens is 154 g/mol. The monoisotopic (exact) mass is 165 g/mol. The van der Waals surface area contributed by atoms with E-state index in [-0.39, 0.29) is 0 Å². The van der Waals surface area contributed by atoms with Crippen LogP contribution in [0.1, 0.15) is 12.8 Å². The molecule has 0 saturated heterocycles. The van der Waals surface area contributed by atoms with Gasteiger partial charge in [-0.1, -0.05) is 24.3 Å². The molecule has 0 saturated carbocycles. The molecule has 1 rings (SSSR count). The minimum atomic E-state index is -0.625. The van der Waals surface area contributed by atoms with E-state index in [9.17, 15) is 4.79 Å². The average Bonchev–Trinajstić information content (AvgIpc) is 2.28. The van der Waals surface area contributed by atoms with Gasteiger partial charge < -0.3 is 5.73 Å². The standard InChI is InChI=1S/C8H11N3O/c9-8(12)11-10-7-5-3-1-2-4-6-7/h1-4H,5-6H2,(H3,9,11,12). The van der Waals surface area contributed by atoms with Gasteiger partial charge in [-0.05, 0) is 0 Å². The lowest BCUT2D eigenvalue weighted by molar-refractivity contribution is 0.249. The van der Waals surface area contributed by atoms with E-state index in [4.69, 9.17) is 5.73 Å². The van der Waals surface area contributed by atoms with E-state index in [1.165, 1.54) is 0 Å².